The van der Waals surface area contributed by atoms with Gasteiger partial charge in [0.2, 0.25) is 0 Å². The van der Waals surface area contributed by atoms with Crippen molar-refractivity contribution in [2.75, 3.05) is 12.4 Å². The van der Waals surface area contributed by atoms with Crippen molar-refractivity contribution < 1.29 is 19.5 Å². The molecular formula is C26H22N4O4. The summed E-state index contributed by atoms with van der Waals surface area (Å²) in [5, 5.41) is 21.4. The van der Waals surface area contributed by atoms with E-state index in [-0.39, 0.29) is 17.3 Å². The monoisotopic (exact) mass is 454 g/mol. The molecule has 0 saturated heterocycles. The Balaban J connectivity index is 1.85. The number of carbonyl (C=O) groups is 2. The van der Waals surface area contributed by atoms with Crippen LogP contribution in [0.15, 0.2) is 78.9 Å². The summed E-state index contributed by atoms with van der Waals surface area (Å²) in [5.74, 6) is -0.751. The summed E-state index contributed by atoms with van der Waals surface area (Å²) >= 11 is 0. The average Bonchev–Trinajstić information content (AvgIpc) is 2.87. The molecular weight excluding hydrogens is 432 g/mol. The predicted molar refractivity (Wildman–Crippen MR) is 131 cm³/mol. The number of rotatable bonds is 6. The maximum absolute atomic E-state index is 13.4. The van der Waals surface area contributed by atoms with Crippen LogP contribution >= 0.6 is 0 Å². The zero-order valence-corrected chi connectivity index (χ0v) is 18.3. The molecule has 0 saturated carbocycles. The number of amidine groups is 1. The number of nitrogens with one attached hydrogen (secondary N) is 3. The summed E-state index contributed by atoms with van der Waals surface area (Å²) < 4.78 is 5.23. The quantitative estimate of drug-likeness (QED) is 0.129. The van der Waals surface area contributed by atoms with Crippen LogP contribution in [0.2, 0.25) is 0 Å². The highest BCUT2D eigenvalue weighted by Gasteiger charge is 2.20. The Morgan fingerprint density at radius 2 is 1.50 bits per heavy atom. The molecule has 4 aromatic rings. The second-order valence-corrected chi connectivity index (χ2v) is 7.54. The third kappa shape index (κ3) is 4.43. The van der Waals surface area contributed by atoms with Crippen molar-refractivity contribution in [1.29, 1.82) is 5.41 Å². The van der Waals surface area contributed by atoms with Crippen LogP contribution in [-0.4, -0.2) is 30.0 Å². The molecule has 4 rings (SSSR count). The molecule has 0 aliphatic carbocycles. The first kappa shape index (κ1) is 22.5. The SMILES string of the molecule is COc1ccc(-c2cc3ccccc3cc2C(=O)Nc2ccc(C(=N)N)cc2)c(C(=O)NO)c1. The Labute approximate surface area is 195 Å². The van der Waals surface area contributed by atoms with Crippen molar-refractivity contribution in [2.24, 2.45) is 5.73 Å². The summed E-state index contributed by atoms with van der Waals surface area (Å²) in [4.78, 5) is 25.8. The minimum absolute atomic E-state index is 0.0658. The molecule has 4 aromatic carbocycles. The number of hydrogen-bond acceptors (Lipinski definition) is 5. The number of hydroxylamine groups is 1. The predicted octanol–water partition coefficient (Wildman–Crippen LogP) is 4.17. The molecule has 0 aromatic heterocycles. The second-order valence-electron chi connectivity index (χ2n) is 7.54. The number of ether oxygens (including phenoxy) is 1. The average molecular weight is 454 g/mol. The fourth-order valence-electron chi connectivity index (χ4n) is 3.72. The first-order chi connectivity index (χ1) is 16.4. The van der Waals surface area contributed by atoms with Crippen molar-refractivity contribution in [3.05, 3.63) is 95.6 Å². The number of nitrogens with two attached hydrogens (primary N) is 1. The van der Waals surface area contributed by atoms with E-state index in [4.69, 9.17) is 15.9 Å². The molecule has 8 nitrogen and oxygen atoms in total. The van der Waals surface area contributed by atoms with E-state index in [2.05, 4.69) is 5.32 Å². The van der Waals surface area contributed by atoms with Gasteiger partial charge in [-0.3, -0.25) is 20.2 Å². The van der Waals surface area contributed by atoms with Crippen LogP contribution in [0.4, 0.5) is 5.69 Å². The summed E-state index contributed by atoms with van der Waals surface area (Å²) in [6, 6.07) is 22.6. The Morgan fingerprint density at radius 1 is 0.853 bits per heavy atom. The first-order valence-corrected chi connectivity index (χ1v) is 10.3. The molecule has 0 aliphatic rings. The van der Waals surface area contributed by atoms with Gasteiger partial charge in [0.1, 0.15) is 11.6 Å². The Kier molecular flexibility index (Phi) is 6.24. The van der Waals surface area contributed by atoms with Crippen LogP contribution in [0.5, 0.6) is 5.75 Å². The molecule has 2 amide bonds. The number of fused-ring (bicyclic) bond motifs is 1. The number of hydrogen-bond donors (Lipinski definition) is 5. The lowest BCUT2D eigenvalue weighted by atomic mass is 9.91. The zero-order valence-electron chi connectivity index (χ0n) is 18.3. The summed E-state index contributed by atoms with van der Waals surface area (Å²) in [7, 11) is 1.47. The smallest absolute Gasteiger partial charge is 0.275 e. The zero-order chi connectivity index (χ0) is 24.2. The fraction of sp³-hybridized carbons (Fsp3) is 0.0385. The third-order valence-corrected chi connectivity index (χ3v) is 5.45. The number of nitrogen functional groups attached to an aromatic ring is 1. The topological polar surface area (TPSA) is 138 Å². The van der Waals surface area contributed by atoms with Gasteiger partial charge in [0.15, 0.2) is 0 Å². The number of benzene rings is 4. The van der Waals surface area contributed by atoms with Crippen LogP contribution in [0, 0.1) is 5.41 Å². The van der Waals surface area contributed by atoms with Crippen LogP contribution in [0.25, 0.3) is 21.9 Å². The normalized spacial score (nSPS) is 10.5. The lowest BCUT2D eigenvalue weighted by molar-refractivity contribution is 0.0706. The minimum Gasteiger partial charge on any atom is -0.497 e. The highest BCUT2D eigenvalue weighted by Crippen LogP contribution is 2.34. The summed E-state index contributed by atoms with van der Waals surface area (Å²) in [6.07, 6.45) is 0. The van der Waals surface area contributed by atoms with Gasteiger partial charge in [0.25, 0.3) is 11.8 Å². The van der Waals surface area contributed by atoms with Gasteiger partial charge < -0.3 is 15.8 Å². The highest BCUT2D eigenvalue weighted by atomic mass is 16.5. The largest absolute Gasteiger partial charge is 0.497 e. The maximum atomic E-state index is 13.4. The molecule has 0 atom stereocenters. The van der Waals surface area contributed by atoms with Crippen molar-refractivity contribution in [3.8, 4) is 16.9 Å². The fourth-order valence-corrected chi connectivity index (χ4v) is 3.72. The molecule has 8 heteroatoms. The molecule has 0 heterocycles. The van der Waals surface area contributed by atoms with Crippen LogP contribution in [0.1, 0.15) is 26.3 Å². The van der Waals surface area contributed by atoms with Crippen LogP contribution < -0.4 is 21.3 Å². The van der Waals surface area contributed by atoms with E-state index in [9.17, 15) is 14.8 Å². The van der Waals surface area contributed by atoms with Crippen LogP contribution in [-0.2, 0) is 0 Å². The van der Waals surface area contributed by atoms with E-state index in [1.807, 2.05) is 30.3 Å². The van der Waals surface area contributed by atoms with Crippen molar-refractivity contribution in [1.82, 2.24) is 5.48 Å². The molecule has 0 fully saturated rings. The Hall–Kier alpha value is -4.69. The van der Waals surface area contributed by atoms with Gasteiger partial charge in [-0.05, 0) is 76.5 Å². The van der Waals surface area contributed by atoms with E-state index in [0.29, 0.717) is 33.7 Å². The first-order valence-electron chi connectivity index (χ1n) is 10.3. The molecule has 0 spiro atoms. The van der Waals surface area contributed by atoms with Gasteiger partial charge in [-0.15, -0.1) is 0 Å². The Morgan fingerprint density at radius 3 is 2.12 bits per heavy atom. The van der Waals surface area contributed by atoms with Crippen LogP contribution in [0.3, 0.4) is 0 Å². The lowest BCUT2D eigenvalue weighted by Crippen LogP contribution is -2.20. The van der Waals surface area contributed by atoms with E-state index in [1.165, 1.54) is 13.2 Å². The third-order valence-electron chi connectivity index (χ3n) is 5.45. The van der Waals surface area contributed by atoms with Gasteiger partial charge in [0, 0.05) is 16.8 Å². The molecule has 34 heavy (non-hydrogen) atoms. The number of carbonyl (C=O) groups excluding carboxylic acids is 2. The molecule has 170 valence electrons. The summed E-state index contributed by atoms with van der Waals surface area (Å²) in [5.41, 5.74) is 9.68. The highest BCUT2D eigenvalue weighted by molar-refractivity contribution is 6.13. The van der Waals surface area contributed by atoms with Crippen molar-refractivity contribution in [2.45, 2.75) is 0 Å². The van der Waals surface area contributed by atoms with E-state index in [0.717, 1.165) is 10.8 Å². The number of amides is 2. The van der Waals surface area contributed by atoms with Gasteiger partial charge in [-0.1, -0.05) is 24.3 Å². The van der Waals surface area contributed by atoms with E-state index < -0.39 is 5.91 Å². The van der Waals surface area contributed by atoms with Gasteiger partial charge in [-0.2, -0.15) is 0 Å². The van der Waals surface area contributed by atoms with E-state index >= 15 is 0 Å². The van der Waals surface area contributed by atoms with Crippen molar-refractivity contribution in [3.63, 3.8) is 0 Å². The molecule has 0 bridgehead atoms. The second kappa shape index (κ2) is 9.43. The van der Waals surface area contributed by atoms with E-state index in [1.54, 1.807) is 47.9 Å². The molecule has 0 unspecified atom stereocenters. The number of anilines is 1. The van der Waals surface area contributed by atoms with Gasteiger partial charge in [-0.25, -0.2) is 5.48 Å². The molecule has 0 aliphatic heterocycles. The molecule has 0 radical (unpaired) electrons. The summed E-state index contributed by atoms with van der Waals surface area (Å²) in [6.45, 7) is 0. The minimum atomic E-state index is -0.728. The number of methoxy groups -OCH3 is 1. The van der Waals surface area contributed by atoms with Crippen molar-refractivity contribution >= 4 is 34.1 Å². The van der Waals surface area contributed by atoms with Gasteiger partial charge >= 0.3 is 0 Å². The Bertz CT molecular complexity index is 1410. The lowest BCUT2D eigenvalue weighted by Gasteiger charge is -2.16. The molecule has 6 N–H and O–H groups in total. The maximum Gasteiger partial charge on any atom is 0.275 e. The standard InChI is InChI=1S/C26H22N4O4/c1-34-19-10-11-20(23(14-19)26(32)30-33)21-12-16-4-2-3-5-17(16)13-22(21)25(31)29-18-8-6-15(7-9-18)24(27)28/h2-14,33H,1H3,(H3,27,28)(H,29,31)(H,30,32). The van der Waals surface area contributed by atoms with Gasteiger partial charge in [0.05, 0.1) is 12.7 Å².